The molecule has 0 heterocycles. The van der Waals surface area contributed by atoms with Crippen molar-refractivity contribution in [2.45, 2.75) is 31.6 Å². The van der Waals surface area contributed by atoms with Crippen LogP contribution in [-0.4, -0.2) is 34.0 Å². The maximum atomic E-state index is 13.4. The fraction of sp³-hybridized carbons (Fsp3) is 0.269. The number of ether oxygens (including phenoxy) is 1. The quantitative estimate of drug-likeness (QED) is 0.376. The lowest BCUT2D eigenvalue weighted by molar-refractivity contribution is -0.119. The molecule has 34 heavy (non-hydrogen) atoms. The van der Waals surface area contributed by atoms with E-state index in [4.69, 9.17) is 16.3 Å². The number of nitrogens with zero attached hydrogens (tertiary/aromatic N) is 1. The number of carbonyl (C=O) groups is 1. The van der Waals surface area contributed by atoms with Crippen LogP contribution in [0.3, 0.4) is 0 Å². The lowest BCUT2D eigenvalue weighted by atomic mass is 10.1. The van der Waals surface area contributed by atoms with E-state index in [9.17, 15) is 13.2 Å². The molecule has 180 valence electrons. The number of nitrogens with one attached hydrogen (secondary N) is 1. The number of aryl methyl sites for hydroxylation is 2. The average Bonchev–Trinajstić information content (AvgIpc) is 2.81. The Bertz CT molecular complexity index is 1210. The molecule has 6 nitrogen and oxygen atoms in total. The third-order valence-corrected chi connectivity index (χ3v) is 7.23. The minimum absolute atomic E-state index is 0.110. The molecule has 3 rings (SSSR count). The van der Waals surface area contributed by atoms with E-state index < -0.39 is 15.9 Å². The standard InChI is InChI=1S/C26H29ClN2O4S/c1-3-33-25-12-5-4-8-21(25)9-7-17-28-26(30)19-29(23-11-6-10-22(27)18-23)34(31,32)24-15-13-20(2)14-16-24/h4-6,8,10-16,18H,3,7,9,17,19H2,1-2H3,(H,28,30). The third-order valence-electron chi connectivity index (χ3n) is 5.21. The van der Waals surface area contributed by atoms with E-state index in [1.807, 2.05) is 38.1 Å². The second kappa shape index (κ2) is 11.9. The number of para-hydroxylation sites is 1. The summed E-state index contributed by atoms with van der Waals surface area (Å²) in [6.45, 7) is 4.46. The fourth-order valence-corrected chi connectivity index (χ4v) is 5.08. The third kappa shape index (κ3) is 6.74. The zero-order valence-corrected chi connectivity index (χ0v) is 20.9. The van der Waals surface area contributed by atoms with Gasteiger partial charge in [0.2, 0.25) is 5.91 Å². The minimum Gasteiger partial charge on any atom is -0.494 e. The van der Waals surface area contributed by atoms with Gasteiger partial charge < -0.3 is 10.1 Å². The monoisotopic (exact) mass is 500 g/mol. The van der Waals surface area contributed by atoms with E-state index >= 15 is 0 Å². The van der Waals surface area contributed by atoms with Crippen LogP contribution < -0.4 is 14.4 Å². The van der Waals surface area contributed by atoms with Gasteiger partial charge in [-0.25, -0.2) is 8.42 Å². The summed E-state index contributed by atoms with van der Waals surface area (Å²) >= 11 is 6.11. The van der Waals surface area contributed by atoms with E-state index in [0.29, 0.717) is 30.3 Å². The highest BCUT2D eigenvalue weighted by atomic mass is 35.5. The second-order valence-corrected chi connectivity index (χ2v) is 10.1. The first-order valence-electron chi connectivity index (χ1n) is 11.1. The van der Waals surface area contributed by atoms with Crippen molar-refractivity contribution in [1.82, 2.24) is 5.32 Å². The minimum atomic E-state index is -3.97. The first-order valence-corrected chi connectivity index (χ1v) is 13.0. The summed E-state index contributed by atoms with van der Waals surface area (Å²) in [5.41, 5.74) is 2.34. The van der Waals surface area contributed by atoms with Crippen LogP contribution in [0.2, 0.25) is 5.02 Å². The zero-order valence-electron chi connectivity index (χ0n) is 19.3. The normalized spacial score (nSPS) is 11.1. The highest BCUT2D eigenvalue weighted by Gasteiger charge is 2.27. The Labute approximate surface area is 206 Å². The lowest BCUT2D eigenvalue weighted by Gasteiger charge is -2.24. The largest absolute Gasteiger partial charge is 0.494 e. The highest BCUT2D eigenvalue weighted by molar-refractivity contribution is 7.92. The van der Waals surface area contributed by atoms with Gasteiger partial charge >= 0.3 is 0 Å². The number of sulfonamides is 1. The lowest BCUT2D eigenvalue weighted by Crippen LogP contribution is -2.41. The summed E-state index contributed by atoms with van der Waals surface area (Å²) in [6, 6.07) is 20.8. The molecule has 1 amide bonds. The number of halogens is 1. The van der Waals surface area contributed by atoms with E-state index in [1.165, 1.54) is 18.2 Å². The van der Waals surface area contributed by atoms with Crippen molar-refractivity contribution in [2.24, 2.45) is 0 Å². The van der Waals surface area contributed by atoms with Gasteiger partial charge in [-0.1, -0.05) is 53.6 Å². The summed E-state index contributed by atoms with van der Waals surface area (Å²) in [7, 11) is -3.97. The van der Waals surface area contributed by atoms with E-state index in [1.54, 1.807) is 30.3 Å². The number of hydrogen-bond donors (Lipinski definition) is 1. The smallest absolute Gasteiger partial charge is 0.264 e. The van der Waals surface area contributed by atoms with Crippen LogP contribution in [0.15, 0.2) is 77.7 Å². The number of rotatable bonds is 11. The first-order chi connectivity index (χ1) is 16.3. The molecule has 0 aliphatic carbocycles. The summed E-state index contributed by atoms with van der Waals surface area (Å²) < 4.78 is 33.5. The van der Waals surface area contributed by atoms with Crippen molar-refractivity contribution in [1.29, 1.82) is 0 Å². The Hall–Kier alpha value is -3.03. The van der Waals surface area contributed by atoms with Crippen molar-refractivity contribution in [3.8, 4) is 5.75 Å². The van der Waals surface area contributed by atoms with Gasteiger partial charge in [-0.2, -0.15) is 0 Å². The molecule has 0 unspecified atom stereocenters. The molecule has 0 aliphatic heterocycles. The van der Waals surface area contributed by atoms with Gasteiger partial charge in [-0.3, -0.25) is 9.10 Å². The molecule has 0 atom stereocenters. The van der Waals surface area contributed by atoms with Crippen LogP contribution in [-0.2, 0) is 21.2 Å². The van der Waals surface area contributed by atoms with Gasteiger partial charge in [0.1, 0.15) is 12.3 Å². The molecule has 0 aromatic heterocycles. The first kappa shape index (κ1) is 25.6. The van der Waals surface area contributed by atoms with Crippen molar-refractivity contribution < 1.29 is 17.9 Å². The van der Waals surface area contributed by atoms with Crippen LogP contribution >= 0.6 is 11.6 Å². The molecule has 0 saturated carbocycles. The van der Waals surface area contributed by atoms with Gasteiger partial charge in [0.25, 0.3) is 10.0 Å². The molecule has 0 saturated heterocycles. The summed E-state index contributed by atoms with van der Waals surface area (Å²) in [6.07, 6.45) is 1.42. The predicted octanol–water partition coefficient (Wildman–Crippen LogP) is 4.99. The van der Waals surface area contributed by atoms with Crippen molar-refractivity contribution in [2.75, 3.05) is 24.0 Å². The Morgan fingerprint density at radius 3 is 2.47 bits per heavy atom. The maximum absolute atomic E-state index is 13.4. The molecule has 0 spiro atoms. The molecular weight excluding hydrogens is 472 g/mol. The van der Waals surface area contributed by atoms with Crippen LogP contribution in [0.1, 0.15) is 24.5 Å². The summed E-state index contributed by atoms with van der Waals surface area (Å²) in [4.78, 5) is 12.9. The van der Waals surface area contributed by atoms with E-state index in [-0.39, 0.29) is 11.4 Å². The Morgan fingerprint density at radius 1 is 1.03 bits per heavy atom. The van der Waals surface area contributed by atoms with Crippen LogP contribution in [0.5, 0.6) is 5.75 Å². The predicted molar refractivity (Wildman–Crippen MR) is 136 cm³/mol. The van der Waals surface area contributed by atoms with Crippen molar-refractivity contribution in [3.05, 3.63) is 88.9 Å². The molecule has 3 aromatic rings. The van der Waals surface area contributed by atoms with Crippen molar-refractivity contribution >= 4 is 33.2 Å². The van der Waals surface area contributed by atoms with Crippen LogP contribution in [0.25, 0.3) is 0 Å². The maximum Gasteiger partial charge on any atom is 0.264 e. The van der Waals surface area contributed by atoms with E-state index in [2.05, 4.69) is 5.32 Å². The van der Waals surface area contributed by atoms with Gasteiger partial charge in [-0.15, -0.1) is 0 Å². The molecular formula is C26H29ClN2O4S. The van der Waals surface area contributed by atoms with Crippen LogP contribution in [0, 0.1) is 6.92 Å². The van der Waals surface area contributed by atoms with Gasteiger partial charge in [0, 0.05) is 11.6 Å². The second-order valence-electron chi connectivity index (χ2n) is 7.80. The SMILES string of the molecule is CCOc1ccccc1CCCNC(=O)CN(c1cccc(Cl)c1)S(=O)(=O)c1ccc(C)cc1. The topological polar surface area (TPSA) is 75.7 Å². The number of hydrogen-bond acceptors (Lipinski definition) is 4. The summed E-state index contributed by atoms with van der Waals surface area (Å²) in [5, 5.41) is 3.22. The Morgan fingerprint density at radius 2 is 1.76 bits per heavy atom. The number of benzene rings is 3. The molecule has 0 aliphatic rings. The highest BCUT2D eigenvalue weighted by Crippen LogP contribution is 2.26. The molecule has 1 N–H and O–H groups in total. The van der Waals surface area contributed by atoms with E-state index in [0.717, 1.165) is 27.6 Å². The molecule has 0 bridgehead atoms. The molecule has 8 heteroatoms. The van der Waals surface area contributed by atoms with Gasteiger partial charge in [0.15, 0.2) is 0 Å². The molecule has 0 radical (unpaired) electrons. The zero-order chi connectivity index (χ0) is 24.6. The fourth-order valence-electron chi connectivity index (χ4n) is 3.48. The summed E-state index contributed by atoms with van der Waals surface area (Å²) in [5.74, 6) is 0.446. The number of anilines is 1. The Balaban J connectivity index is 1.69. The van der Waals surface area contributed by atoms with Gasteiger partial charge in [0.05, 0.1) is 17.2 Å². The van der Waals surface area contributed by atoms with Crippen LogP contribution in [0.4, 0.5) is 5.69 Å². The molecule has 3 aromatic carbocycles. The number of carbonyl (C=O) groups excluding carboxylic acids is 1. The Kier molecular flexibility index (Phi) is 8.96. The van der Waals surface area contributed by atoms with Crippen molar-refractivity contribution in [3.63, 3.8) is 0 Å². The average molecular weight is 501 g/mol. The molecule has 0 fully saturated rings. The number of amides is 1. The van der Waals surface area contributed by atoms with Gasteiger partial charge in [-0.05, 0) is 68.7 Å².